The maximum absolute atomic E-state index is 13.2. The number of fused-ring (bicyclic) bond motifs is 1. The molecule has 198 valence electrons. The summed E-state index contributed by atoms with van der Waals surface area (Å²) in [5.41, 5.74) is 0.298. The van der Waals surface area contributed by atoms with Gasteiger partial charge in [0.25, 0.3) is 5.91 Å². The Kier molecular flexibility index (Phi) is 8.62. The number of hydrogen-bond donors (Lipinski definition) is 2. The summed E-state index contributed by atoms with van der Waals surface area (Å²) in [5, 5.41) is 6.19. The molecule has 1 heterocycles. The average Bonchev–Trinajstić information content (AvgIpc) is 3.25. The van der Waals surface area contributed by atoms with Gasteiger partial charge in [0.2, 0.25) is 5.91 Å². The average molecular weight is 542 g/mol. The highest BCUT2D eigenvalue weighted by atomic mass is 32.2. The topological polar surface area (TPSA) is 72.4 Å². The van der Waals surface area contributed by atoms with E-state index in [1.807, 2.05) is 42.0 Å². The quantitative estimate of drug-likeness (QED) is 0.234. The molecule has 0 saturated heterocycles. The molecule has 0 spiro atoms. The lowest BCUT2D eigenvalue weighted by Gasteiger charge is -2.13. The number of ether oxygens (including phenoxy) is 1. The summed E-state index contributed by atoms with van der Waals surface area (Å²) in [7, 11) is 0. The van der Waals surface area contributed by atoms with Gasteiger partial charge in [0.05, 0.1) is 23.6 Å². The summed E-state index contributed by atoms with van der Waals surface area (Å²) in [6, 6.07) is 19.4. The van der Waals surface area contributed by atoms with Crippen LogP contribution < -0.4 is 15.4 Å². The van der Waals surface area contributed by atoms with E-state index in [1.54, 1.807) is 24.3 Å². The number of rotatable bonds is 10. The lowest BCUT2D eigenvalue weighted by molar-refractivity contribution is -0.137. The van der Waals surface area contributed by atoms with Gasteiger partial charge < -0.3 is 19.9 Å². The maximum atomic E-state index is 13.2. The fraction of sp³-hybridized carbons (Fsp3) is 0.214. The number of nitrogens with zero attached hydrogens (tertiary/aromatic N) is 1. The van der Waals surface area contributed by atoms with Crippen molar-refractivity contribution in [2.45, 2.75) is 24.5 Å². The lowest BCUT2D eigenvalue weighted by atomic mass is 10.1. The Morgan fingerprint density at radius 1 is 0.974 bits per heavy atom. The third-order valence-electron chi connectivity index (χ3n) is 5.68. The molecule has 4 rings (SSSR count). The Bertz CT molecular complexity index is 1420. The molecule has 0 aliphatic carbocycles. The second kappa shape index (κ2) is 12.1. The number of hydrogen-bond acceptors (Lipinski definition) is 4. The van der Waals surface area contributed by atoms with Gasteiger partial charge in [-0.25, -0.2) is 0 Å². The molecule has 0 saturated carbocycles. The van der Waals surface area contributed by atoms with Crippen LogP contribution in [0.2, 0.25) is 0 Å². The highest BCUT2D eigenvalue weighted by Crippen LogP contribution is 2.35. The molecular weight excluding hydrogens is 515 g/mol. The van der Waals surface area contributed by atoms with Crippen molar-refractivity contribution < 1.29 is 27.5 Å². The Labute approximate surface area is 222 Å². The molecule has 4 aromatic rings. The maximum Gasteiger partial charge on any atom is 0.418 e. The molecule has 0 fully saturated rings. The van der Waals surface area contributed by atoms with E-state index in [4.69, 9.17) is 4.74 Å². The number of benzene rings is 3. The molecule has 38 heavy (non-hydrogen) atoms. The standard InChI is InChI=1S/C28H26F3N3O3S/c1-2-37-20-13-11-19(12-14-20)27(36)32-15-16-34-17-25(21-7-3-6-10-24(21)34)38-18-26(35)33-23-9-5-4-8-22(23)28(29,30)31/h3-14,17H,2,15-16,18H2,1H3,(H,32,36)(H,33,35). The van der Waals surface area contributed by atoms with E-state index < -0.39 is 17.6 Å². The Morgan fingerprint density at radius 3 is 2.42 bits per heavy atom. The van der Waals surface area contributed by atoms with E-state index in [1.165, 1.54) is 30.0 Å². The number of alkyl halides is 3. The molecule has 10 heteroatoms. The van der Waals surface area contributed by atoms with E-state index in [0.717, 1.165) is 21.9 Å². The van der Waals surface area contributed by atoms with Crippen molar-refractivity contribution in [3.63, 3.8) is 0 Å². The normalized spacial score (nSPS) is 11.4. The molecule has 2 N–H and O–H groups in total. The third-order valence-corrected chi connectivity index (χ3v) is 6.73. The van der Waals surface area contributed by atoms with Crippen molar-refractivity contribution >= 4 is 40.2 Å². The number of nitrogens with one attached hydrogen (secondary N) is 2. The molecule has 0 atom stereocenters. The molecule has 6 nitrogen and oxygen atoms in total. The summed E-state index contributed by atoms with van der Waals surface area (Å²) < 4.78 is 47.1. The number of halogens is 3. The molecule has 0 bridgehead atoms. The summed E-state index contributed by atoms with van der Waals surface area (Å²) >= 11 is 1.24. The number of aromatic nitrogens is 1. The van der Waals surface area contributed by atoms with Crippen LogP contribution in [0.1, 0.15) is 22.8 Å². The minimum Gasteiger partial charge on any atom is -0.494 e. The van der Waals surface area contributed by atoms with Crippen LogP contribution in [0.15, 0.2) is 83.9 Å². The van der Waals surface area contributed by atoms with Gasteiger partial charge in [0.1, 0.15) is 5.75 Å². The van der Waals surface area contributed by atoms with Crippen molar-refractivity contribution in [2.24, 2.45) is 0 Å². The van der Waals surface area contributed by atoms with E-state index >= 15 is 0 Å². The Morgan fingerprint density at radius 2 is 1.68 bits per heavy atom. The Hall–Kier alpha value is -3.92. The van der Waals surface area contributed by atoms with E-state index in [9.17, 15) is 22.8 Å². The highest BCUT2D eigenvalue weighted by Gasteiger charge is 2.33. The van der Waals surface area contributed by atoms with Crippen LogP contribution in [0, 0.1) is 0 Å². The monoisotopic (exact) mass is 541 g/mol. The van der Waals surface area contributed by atoms with Crippen molar-refractivity contribution in [2.75, 3.05) is 24.2 Å². The van der Waals surface area contributed by atoms with Crippen molar-refractivity contribution in [1.29, 1.82) is 0 Å². The zero-order chi connectivity index (χ0) is 27.1. The number of thioether (sulfide) groups is 1. The van der Waals surface area contributed by atoms with Crippen LogP contribution in [0.5, 0.6) is 5.75 Å². The highest BCUT2D eigenvalue weighted by molar-refractivity contribution is 8.00. The number of carbonyl (C=O) groups excluding carboxylic acids is 2. The van der Waals surface area contributed by atoms with Crippen LogP contribution in [0.3, 0.4) is 0 Å². The molecule has 0 aliphatic heterocycles. The summed E-state index contributed by atoms with van der Waals surface area (Å²) in [4.78, 5) is 25.8. The minimum absolute atomic E-state index is 0.0608. The largest absolute Gasteiger partial charge is 0.494 e. The predicted octanol–water partition coefficient (Wildman–Crippen LogP) is 6.22. The molecule has 0 radical (unpaired) electrons. The first-order valence-corrected chi connectivity index (χ1v) is 12.9. The minimum atomic E-state index is -4.56. The lowest BCUT2D eigenvalue weighted by Crippen LogP contribution is -2.27. The second-order valence-corrected chi connectivity index (χ2v) is 9.31. The summed E-state index contributed by atoms with van der Waals surface area (Å²) in [6.07, 6.45) is -2.68. The predicted molar refractivity (Wildman–Crippen MR) is 143 cm³/mol. The van der Waals surface area contributed by atoms with Gasteiger partial charge in [0, 0.05) is 40.6 Å². The van der Waals surface area contributed by atoms with E-state index in [0.29, 0.717) is 31.0 Å². The van der Waals surface area contributed by atoms with Crippen molar-refractivity contribution in [3.05, 3.63) is 90.1 Å². The number of para-hydroxylation sites is 2. The van der Waals surface area contributed by atoms with Crippen molar-refractivity contribution in [3.8, 4) is 5.75 Å². The van der Waals surface area contributed by atoms with Crippen molar-refractivity contribution in [1.82, 2.24) is 9.88 Å². The first-order valence-electron chi connectivity index (χ1n) is 11.9. The molecule has 1 aromatic heterocycles. The van der Waals surface area contributed by atoms with Crippen LogP contribution in [0.4, 0.5) is 18.9 Å². The zero-order valence-corrected chi connectivity index (χ0v) is 21.4. The van der Waals surface area contributed by atoms with Gasteiger partial charge in [0.15, 0.2) is 0 Å². The van der Waals surface area contributed by atoms with Crippen LogP contribution >= 0.6 is 11.8 Å². The molecule has 0 unspecified atom stereocenters. The van der Waals surface area contributed by atoms with Gasteiger partial charge >= 0.3 is 6.18 Å². The van der Waals surface area contributed by atoms with Gasteiger partial charge in [-0.2, -0.15) is 13.2 Å². The number of amides is 2. The summed E-state index contributed by atoms with van der Waals surface area (Å²) in [6.45, 7) is 3.31. The van der Waals surface area contributed by atoms with Crippen LogP contribution in [-0.2, 0) is 17.5 Å². The van der Waals surface area contributed by atoms with Crippen LogP contribution in [-0.4, -0.2) is 35.3 Å². The first-order chi connectivity index (χ1) is 18.3. The second-order valence-electron chi connectivity index (χ2n) is 8.30. The molecule has 3 aromatic carbocycles. The molecule has 0 aliphatic rings. The van der Waals surface area contributed by atoms with Crippen LogP contribution in [0.25, 0.3) is 10.9 Å². The molecular formula is C28H26F3N3O3S. The number of carbonyl (C=O) groups is 2. The smallest absolute Gasteiger partial charge is 0.418 e. The van der Waals surface area contributed by atoms with Gasteiger partial charge in [-0.1, -0.05) is 30.3 Å². The zero-order valence-electron chi connectivity index (χ0n) is 20.5. The first kappa shape index (κ1) is 27.1. The fourth-order valence-corrected chi connectivity index (χ4v) is 4.83. The van der Waals surface area contributed by atoms with Gasteiger partial charge in [-0.3, -0.25) is 9.59 Å². The fourth-order valence-electron chi connectivity index (χ4n) is 3.94. The number of anilines is 1. The van der Waals surface area contributed by atoms with E-state index in [2.05, 4.69) is 10.6 Å². The Balaban J connectivity index is 1.38. The SMILES string of the molecule is CCOc1ccc(C(=O)NCCn2cc(SCC(=O)Nc3ccccc3C(F)(F)F)c3ccccc32)cc1. The summed E-state index contributed by atoms with van der Waals surface area (Å²) in [5.74, 6) is -0.0958. The molecule has 2 amide bonds. The van der Waals surface area contributed by atoms with Gasteiger partial charge in [-0.15, -0.1) is 11.8 Å². The van der Waals surface area contributed by atoms with Gasteiger partial charge in [-0.05, 0) is 49.4 Å². The third kappa shape index (κ3) is 6.69. The van der Waals surface area contributed by atoms with E-state index in [-0.39, 0.29) is 17.3 Å².